The highest BCUT2D eigenvalue weighted by Crippen LogP contribution is 2.63. The lowest BCUT2D eigenvalue weighted by molar-refractivity contribution is -0.141. The molecule has 2 aromatic rings. The number of aromatic nitrogens is 2. The molecule has 3 N–H and O–H groups in total. The predicted molar refractivity (Wildman–Crippen MR) is 117 cm³/mol. The molecule has 8 heteroatoms. The maximum Gasteiger partial charge on any atom is 0.262 e. The SMILES string of the molecule is C[C@@H]1C[C@@]2(Cc3ccc(Cl)cc3[C@]23N=C(N)N(Cc2ncccn2)C3=O)C[C@H](C)[C@H]1O. The van der Waals surface area contributed by atoms with Crippen molar-refractivity contribution in [1.82, 2.24) is 14.9 Å². The minimum absolute atomic E-state index is 0.0427. The summed E-state index contributed by atoms with van der Waals surface area (Å²) >= 11 is 6.38. The Morgan fingerprint density at radius 3 is 2.58 bits per heavy atom. The monoisotopic (exact) mass is 439 g/mol. The Morgan fingerprint density at radius 2 is 1.90 bits per heavy atom. The van der Waals surface area contributed by atoms with Crippen molar-refractivity contribution < 1.29 is 9.90 Å². The van der Waals surface area contributed by atoms with Crippen LogP contribution in [0.15, 0.2) is 41.7 Å². The fraction of sp³-hybridized carbons (Fsp3) is 0.478. The number of amides is 1. The van der Waals surface area contributed by atoms with E-state index in [0.29, 0.717) is 30.1 Å². The quantitative estimate of drug-likeness (QED) is 0.748. The van der Waals surface area contributed by atoms with E-state index >= 15 is 0 Å². The van der Waals surface area contributed by atoms with Crippen LogP contribution in [0.5, 0.6) is 0 Å². The van der Waals surface area contributed by atoms with Crippen LogP contribution in [0.2, 0.25) is 5.02 Å². The van der Waals surface area contributed by atoms with Crippen LogP contribution >= 0.6 is 11.6 Å². The number of aliphatic imine (C=N–C) groups is 1. The summed E-state index contributed by atoms with van der Waals surface area (Å²) in [6.45, 7) is 4.26. The standard InChI is InChI=1S/C23H26ClN5O2/c1-13-9-22(10-14(2)19(13)30)11-15-4-5-16(24)8-17(15)23(22)20(31)29(21(25)28-23)12-18-26-6-3-7-27-18/h3-8,13-14,19,30H,9-12H2,1-2H3,(H2,25,28)/t13-,14+,19+,22+,23-/m1/s1. The highest BCUT2D eigenvalue weighted by Gasteiger charge is 2.68. The molecule has 0 bridgehead atoms. The molecule has 0 radical (unpaired) electrons. The minimum Gasteiger partial charge on any atom is -0.393 e. The Balaban J connectivity index is 1.65. The molecule has 31 heavy (non-hydrogen) atoms. The highest BCUT2D eigenvalue weighted by molar-refractivity contribution is 6.30. The van der Waals surface area contributed by atoms with Crippen molar-refractivity contribution in [3.8, 4) is 0 Å². The van der Waals surface area contributed by atoms with Crippen molar-refractivity contribution in [3.05, 3.63) is 58.6 Å². The molecule has 1 aliphatic heterocycles. The number of halogens is 1. The van der Waals surface area contributed by atoms with Gasteiger partial charge in [0, 0.05) is 22.8 Å². The topological polar surface area (TPSA) is 105 Å². The first kappa shape index (κ1) is 20.4. The molecule has 3 aliphatic rings. The Bertz CT molecular complexity index is 1060. The van der Waals surface area contributed by atoms with E-state index in [9.17, 15) is 9.90 Å². The fourth-order valence-corrected chi connectivity index (χ4v) is 6.35. The molecule has 2 heterocycles. The van der Waals surface area contributed by atoms with Crippen molar-refractivity contribution in [3.63, 3.8) is 0 Å². The van der Waals surface area contributed by atoms with E-state index in [1.165, 1.54) is 4.90 Å². The van der Waals surface area contributed by atoms with Gasteiger partial charge in [-0.15, -0.1) is 0 Å². The molecular formula is C23H26ClN5O2. The van der Waals surface area contributed by atoms with Gasteiger partial charge in [-0.05, 0) is 60.4 Å². The lowest BCUT2D eigenvalue weighted by Crippen LogP contribution is -2.55. The summed E-state index contributed by atoms with van der Waals surface area (Å²) in [5.74, 6) is 0.609. The first-order valence-corrected chi connectivity index (χ1v) is 11.1. The van der Waals surface area contributed by atoms with Gasteiger partial charge in [-0.3, -0.25) is 9.69 Å². The molecule has 5 rings (SSSR count). The van der Waals surface area contributed by atoms with Crippen LogP contribution < -0.4 is 5.73 Å². The Hall–Kier alpha value is -2.51. The average Bonchev–Trinajstić information content (AvgIpc) is 3.14. The van der Waals surface area contributed by atoms with Gasteiger partial charge in [0.25, 0.3) is 5.91 Å². The summed E-state index contributed by atoms with van der Waals surface area (Å²) in [7, 11) is 0. The molecule has 2 aliphatic carbocycles. The zero-order valence-electron chi connectivity index (χ0n) is 17.6. The summed E-state index contributed by atoms with van der Waals surface area (Å²) in [6, 6.07) is 7.45. The van der Waals surface area contributed by atoms with Gasteiger partial charge in [0.05, 0.1) is 12.6 Å². The zero-order valence-corrected chi connectivity index (χ0v) is 18.4. The van der Waals surface area contributed by atoms with Crippen LogP contribution in [0, 0.1) is 17.3 Å². The third kappa shape index (κ3) is 2.83. The number of rotatable bonds is 2. The number of carbonyl (C=O) groups is 1. The number of nitrogens with two attached hydrogens (primary N) is 1. The molecule has 5 atom stereocenters. The third-order valence-corrected chi connectivity index (χ3v) is 7.62. The summed E-state index contributed by atoms with van der Waals surface area (Å²) < 4.78 is 0. The van der Waals surface area contributed by atoms with Gasteiger partial charge in [0.2, 0.25) is 0 Å². The molecule has 1 fully saturated rings. The van der Waals surface area contributed by atoms with Crippen molar-refractivity contribution in [2.45, 2.75) is 51.3 Å². The first-order valence-electron chi connectivity index (χ1n) is 10.7. The van der Waals surface area contributed by atoms with E-state index in [-0.39, 0.29) is 30.2 Å². The second-order valence-electron chi connectivity index (χ2n) is 9.35. The number of aliphatic hydroxyl groups excluding tert-OH is 1. The first-order chi connectivity index (χ1) is 14.8. The van der Waals surface area contributed by atoms with E-state index in [1.54, 1.807) is 18.5 Å². The smallest absolute Gasteiger partial charge is 0.262 e. The molecule has 0 saturated heterocycles. The number of guanidine groups is 1. The second kappa shape index (κ2) is 7.00. The second-order valence-corrected chi connectivity index (χ2v) is 9.79. The number of nitrogens with zero attached hydrogens (tertiary/aromatic N) is 4. The molecule has 162 valence electrons. The van der Waals surface area contributed by atoms with Crippen molar-refractivity contribution in [1.29, 1.82) is 0 Å². The Morgan fingerprint density at radius 1 is 1.23 bits per heavy atom. The van der Waals surface area contributed by atoms with Gasteiger partial charge in [0.1, 0.15) is 5.82 Å². The zero-order chi connectivity index (χ0) is 22.0. The van der Waals surface area contributed by atoms with Crippen LogP contribution in [0.25, 0.3) is 0 Å². The third-order valence-electron chi connectivity index (χ3n) is 7.38. The molecular weight excluding hydrogens is 414 g/mol. The molecule has 2 spiro atoms. The summed E-state index contributed by atoms with van der Waals surface area (Å²) in [6.07, 6.45) is 4.96. The van der Waals surface area contributed by atoms with E-state index < -0.39 is 17.1 Å². The number of hydrogen-bond donors (Lipinski definition) is 2. The summed E-state index contributed by atoms with van der Waals surface area (Å²) in [5.41, 5.74) is 6.67. The molecule has 0 unspecified atom stereocenters. The van der Waals surface area contributed by atoms with Crippen LogP contribution in [0.4, 0.5) is 0 Å². The predicted octanol–water partition coefficient (Wildman–Crippen LogP) is 2.65. The maximum atomic E-state index is 14.2. The van der Waals surface area contributed by atoms with Gasteiger partial charge in [0.15, 0.2) is 11.5 Å². The summed E-state index contributed by atoms with van der Waals surface area (Å²) in [5, 5.41) is 11.2. The Labute approximate surface area is 186 Å². The van der Waals surface area contributed by atoms with E-state index in [2.05, 4.69) is 9.97 Å². The molecule has 1 aromatic carbocycles. The molecule has 7 nitrogen and oxygen atoms in total. The average molecular weight is 440 g/mol. The van der Waals surface area contributed by atoms with Crippen molar-refractivity contribution in [2.24, 2.45) is 28.0 Å². The molecule has 1 aromatic heterocycles. The highest BCUT2D eigenvalue weighted by atomic mass is 35.5. The van der Waals surface area contributed by atoms with Crippen LogP contribution in [0.1, 0.15) is 43.6 Å². The minimum atomic E-state index is -1.14. The van der Waals surface area contributed by atoms with E-state index in [0.717, 1.165) is 11.1 Å². The fourth-order valence-electron chi connectivity index (χ4n) is 6.18. The van der Waals surface area contributed by atoms with Crippen molar-refractivity contribution in [2.75, 3.05) is 0 Å². The molecule has 1 amide bonds. The number of benzene rings is 1. The van der Waals surface area contributed by atoms with Crippen molar-refractivity contribution >= 4 is 23.5 Å². The van der Waals surface area contributed by atoms with Gasteiger partial charge in [-0.1, -0.05) is 31.5 Å². The maximum absolute atomic E-state index is 14.2. The van der Waals surface area contributed by atoms with Gasteiger partial charge >= 0.3 is 0 Å². The van der Waals surface area contributed by atoms with Gasteiger partial charge in [-0.2, -0.15) is 0 Å². The lowest BCUT2D eigenvalue weighted by Gasteiger charge is -2.49. The van der Waals surface area contributed by atoms with Crippen LogP contribution in [0.3, 0.4) is 0 Å². The van der Waals surface area contributed by atoms with Gasteiger partial charge < -0.3 is 10.8 Å². The summed E-state index contributed by atoms with van der Waals surface area (Å²) in [4.78, 5) is 29.1. The number of hydrogen-bond acceptors (Lipinski definition) is 6. The normalized spacial score (nSPS) is 34.5. The van der Waals surface area contributed by atoms with E-state index in [4.69, 9.17) is 22.3 Å². The Kier molecular flexibility index (Phi) is 4.61. The van der Waals surface area contributed by atoms with Crippen LogP contribution in [-0.2, 0) is 23.3 Å². The van der Waals surface area contributed by atoms with Crippen LogP contribution in [-0.4, -0.2) is 37.9 Å². The van der Waals surface area contributed by atoms with Gasteiger partial charge in [-0.25, -0.2) is 15.0 Å². The lowest BCUT2D eigenvalue weighted by atomic mass is 9.56. The number of aliphatic hydroxyl groups is 1. The number of carbonyl (C=O) groups excluding carboxylic acids is 1. The largest absolute Gasteiger partial charge is 0.393 e. The van der Waals surface area contributed by atoms with E-state index in [1.807, 2.05) is 32.0 Å². The molecule has 1 saturated carbocycles. The number of fused-ring (bicyclic) bond motifs is 3.